The molecule has 89 heavy (non-hydrogen) atoms. The molecule has 0 saturated carbocycles. The van der Waals surface area contributed by atoms with Gasteiger partial charge >= 0.3 is 53.7 Å². The number of esters is 8. The lowest BCUT2D eigenvalue weighted by molar-refractivity contribution is -0.164. The second-order valence-corrected chi connectivity index (χ2v) is 26.5. The van der Waals surface area contributed by atoms with Crippen molar-refractivity contribution in [2.45, 2.75) is 254 Å². The van der Waals surface area contributed by atoms with Gasteiger partial charge in [-0.25, -0.2) is 0 Å². The van der Waals surface area contributed by atoms with Crippen LogP contribution in [0.3, 0.4) is 0 Å². The molecule has 0 unspecified atom stereocenters. The molecule has 1 heterocycles. The average molecular weight is 1290 g/mol. The van der Waals surface area contributed by atoms with Crippen molar-refractivity contribution in [2.24, 2.45) is 5.73 Å². The van der Waals surface area contributed by atoms with Crippen LogP contribution in [0.15, 0.2) is 0 Å². The third-order valence-corrected chi connectivity index (χ3v) is 9.72. The quantitative estimate of drug-likeness (QED) is 0.0236. The Hall–Kier alpha value is -5.45. The molecule has 522 valence electrons. The monoisotopic (exact) mass is 1290 g/mol. The fourth-order valence-corrected chi connectivity index (χ4v) is 6.64. The van der Waals surface area contributed by atoms with E-state index in [4.69, 9.17) is 69.1 Å². The van der Waals surface area contributed by atoms with Crippen LogP contribution in [0.2, 0.25) is 0 Å². The third kappa shape index (κ3) is 61.2. The lowest BCUT2D eigenvalue weighted by Gasteiger charge is -2.34. The van der Waals surface area contributed by atoms with Gasteiger partial charge in [0.05, 0.1) is 132 Å². The Morgan fingerprint density at radius 1 is 0.449 bits per heavy atom. The predicted molar refractivity (Wildman–Crippen MR) is 326 cm³/mol. The summed E-state index contributed by atoms with van der Waals surface area (Å²) in [5.74, 6) is -4.77. The predicted octanol–water partition coefficient (Wildman–Crippen LogP) is 7.73. The molecular weight excluding hydrogens is 1180 g/mol. The maximum atomic E-state index is 12.8. The molecule has 0 aromatic heterocycles. The topological polar surface area (TPSA) is 349 Å². The van der Waals surface area contributed by atoms with Crippen molar-refractivity contribution in [3.8, 4) is 0 Å². The normalized spacial score (nSPS) is 13.1. The van der Waals surface area contributed by atoms with Crippen molar-refractivity contribution in [1.82, 2.24) is 5.32 Å². The number of carbonyl (C=O) groups excluding carboxylic acids is 9. The number of ether oxygens (including phenoxy) is 13. The molecule has 1 saturated heterocycles. The molecule has 0 aromatic rings. The first kappa shape index (κ1) is 87.8. The Bertz CT molecular complexity index is 1930. The fraction of sp³-hybridized carbons (Fsp3) is 0.839. The summed E-state index contributed by atoms with van der Waals surface area (Å²) in [6, 6.07) is 0. The first-order valence-corrected chi connectivity index (χ1v) is 29.3. The van der Waals surface area contributed by atoms with Gasteiger partial charge in [-0.3, -0.25) is 52.3 Å². The molecule has 1 aliphatic rings. The summed E-state index contributed by atoms with van der Waals surface area (Å²) in [4.78, 5) is 116. The van der Waals surface area contributed by atoms with Gasteiger partial charge < -0.3 is 77.7 Å². The summed E-state index contributed by atoms with van der Waals surface area (Å²) in [6.07, 6.45) is 1.38. The van der Waals surface area contributed by atoms with Gasteiger partial charge in [0.25, 0.3) is 0 Å². The van der Waals surface area contributed by atoms with Gasteiger partial charge in [0.1, 0.15) is 39.1 Å². The van der Waals surface area contributed by atoms with E-state index in [1.165, 1.54) is 0 Å². The summed E-state index contributed by atoms with van der Waals surface area (Å²) < 4.78 is 85.5. The van der Waals surface area contributed by atoms with Crippen molar-refractivity contribution in [3.05, 3.63) is 0 Å². The van der Waals surface area contributed by atoms with Gasteiger partial charge in [0.15, 0.2) is 0 Å². The van der Waals surface area contributed by atoms with Crippen LogP contribution in [-0.4, -0.2) is 196 Å². The molecule has 0 aliphatic carbocycles. The molecule has 0 atom stereocenters. The molecule has 0 aromatic carbocycles. The number of nitrogens with one attached hydrogen (secondary N) is 1. The van der Waals surface area contributed by atoms with E-state index in [2.05, 4.69) is 10.1 Å². The van der Waals surface area contributed by atoms with E-state index < -0.39 is 81.6 Å². The molecule has 0 bridgehead atoms. The van der Waals surface area contributed by atoms with E-state index in [0.29, 0.717) is 19.3 Å². The van der Waals surface area contributed by atoms with Gasteiger partial charge in [-0.15, -0.1) is 0 Å². The zero-order valence-corrected chi connectivity index (χ0v) is 56.0. The van der Waals surface area contributed by atoms with E-state index in [9.17, 15) is 52.3 Å². The number of carbonyl (C=O) groups is 10. The van der Waals surface area contributed by atoms with E-state index >= 15 is 0 Å². The van der Waals surface area contributed by atoms with Crippen molar-refractivity contribution >= 4 is 59.6 Å². The highest BCUT2D eigenvalue weighted by atomic mass is 19.1. The second-order valence-electron chi connectivity index (χ2n) is 26.5. The average Bonchev–Trinajstić information content (AvgIpc) is 3.14. The smallest absolute Gasteiger partial charge is 0.313 e. The van der Waals surface area contributed by atoms with E-state index in [0.717, 1.165) is 0 Å². The number of rotatable bonds is 35. The number of halogens is 1. The van der Waals surface area contributed by atoms with Crippen molar-refractivity contribution < 1.29 is 120 Å². The highest BCUT2D eigenvalue weighted by Gasteiger charge is 2.35. The minimum absolute atomic E-state index is 0. The molecule has 0 radical (unpaired) electrons. The highest BCUT2D eigenvalue weighted by molar-refractivity contribution is 5.87. The summed E-state index contributed by atoms with van der Waals surface area (Å²) >= 11 is 0. The van der Waals surface area contributed by atoms with Gasteiger partial charge in [-0.1, -0.05) is 7.43 Å². The Kier molecular flexibility index (Phi) is 44.3. The Morgan fingerprint density at radius 3 is 0.865 bits per heavy atom. The lowest BCUT2D eigenvalue weighted by atomic mass is 10.0. The summed E-state index contributed by atoms with van der Waals surface area (Å²) in [6.45, 7) is 31.8. The number of aliphatic carboxylic acids is 1. The van der Waals surface area contributed by atoms with Crippen LogP contribution in [0.5, 0.6) is 0 Å². The third-order valence-electron chi connectivity index (χ3n) is 9.72. The number of alkyl halides is 1. The highest BCUT2D eigenvalue weighted by Crippen LogP contribution is 2.17. The first-order valence-electron chi connectivity index (χ1n) is 30.0. The van der Waals surface area contributed by atoms with Crippen LogP contribution < -0.4 is 11.1 Å². The molecular formula is C62H113FN2O24. The van der Waals surface area contributed by atoms with E-state index in [-0.39, 0.29) is 174 Å². The maximum absolute atomic E-state index is 12.8. The number of carboxylic acids is 1. The van der Waals surface area contributed by atoms with Crippen LogP contribution in [-0.2, 0) is 110 Å². The Balaban J connectivity index is -0.000000702. The number of carboxylic acid groups (broad SMARTS) is 1. The molecule has 1 rings (SSSR count). The summed E-state index contributed by atoms with van der Waals surface area (Å²) in [7, 11) is -1.00. The fourth-order valence-electron chi connectivity index (χ4n) is 6.64. The SMILES string of the molecule is C.CC(C)(C)OC(=O)CCOCC(COCCC(=O)OC(C)(C)C)(COCCC(=O)OC(C)(C)C)NC(=O)CCCC(=O)O.CC(C)(C)OC(=O)CCOCC(N)(COCCC(=O)OC(C)(C)C)COCCC(=O)OC(C)(C)C.O=C1CCCC(=O)O1.[2H]CF. The minimum atomic E-state index is -1.30. The summed E-state index contributed by atoms with van der Waals surface area (Å²) in [5.41, 5.74) is 0.389. The number of amides is 1. The van der Waals surface area contributed by atoms with Gasteiger partial charge in [0.2, 0.25) is 5.91 Å². The molecule has 4 N–H and O–H groups in total. The standard InChI is InChI=1S/C30H53NO12.C25H47NO9.C5H6O3.CH3F.CH4/c1-27(2,3)41-24(35)13-16-38-19-30(31-22(32)11-10-12-23(33)34,20-39-17-14-25(36)42-28(4,5)6)21-40-18-15-26(37)43-29(7,8)9;1-22(2,3)33-19(27)10-13-30-16-25(26,17-31-14-11-20(28)34-23(4,5)6)18-32-15-12-21(29)35-24(7,8)9;6-4-2-1-3-5(7)8-4;1-2;/h10-21H2,1-9H3,(H,31,32)(H,33,34);10-18,26H2,1-9H3;1-3H2;1H3;1H4/i;;;1D;. The lowest BCUT2D eigenvalue weighted by Crippen LogP contribution is -2.58. The van der Waals surface area contributed by atoms with Gasteiger partial charge in [0, 0.05) is 25.7 Å². The van der Waals surface area contributed by atoms with Crippen LogP contribution >= 0.6 is 0 Å². The van der Waals surface area contributed by atoms with Crippen LogP contribution in [0.1, 0.15) is 210 Å². The largest absolute Gasteiger partial charge is 0.481 e. The van der Waals surface area contributed by atoms with Crippen molar-refractivity contribution in [1.29, 1.82) is 0 Å². The van der Waals surface area contributed by atoms with Crippen LogP contribution in [0, 0.1) is 0 Å². The second kappa shape index (κ2) is 44.9. The number of cyclic esters (lactones) is 2. The molecule has 26 nitrogen and oxygen atoms in total. The van der Waals surface area contributed by atoms with Gasteiger partial charge in [-0.2, -0.15) is 0 Å². The Labute approximate surface area is 529 Å². The number of hydrogen-bond acceptors (Lipinski definition) is 24. The number of hydrogen-bond donors (Lipinski definition) is 3. The van der Waals surface area contributed by atoms with Crippen molar-refractivity contribution in [3.63, 3.8) is 0 Å². The Morgan fingerprint density at radius 2 is 0.674 bits per heavy atom. The van der Waals surface area contributed by atoms with E-state index in [1.807, 2.05) is 0 Å². The van der Waals surface area contributed by atoms with Crippen LogP contribution in [0.4, 0.5) is 4.39 Å². The zero-order chi connectivity index (χ0) is 69.4. The maximum Gasteiger partial charge on any atom is 0.313 e. The van der Waals surface area contributed by atoms with Crippen LogP contribution in [0.25, 0.3) is 0 Å². The summed E-state index contributed by atoms with van der Waals surface area (Å²) in [5, 5.41) is 11.8. The number of nitrogens with two attached hydrogens (primary N) is 1. The molecule has 1 aliphatic heterocycles. The minimum Gasteiger partial charge on any atom is -0.481 e. The van der Waals surface area contributed by atoms with Gasteiger partial charge in [-0.05, 0) is 137 Å². The van der Waals surface area contributed by atoms with E-state index in [1.54, 1.807) is 125 Å². The molecule has 27 heteroatoms. The molecule has 1 fully saturated rings. The molecule has 0 spiro atoms. The first-order chi connectivity index (χ1) is 40.6. The molecule has 1 amide bonds. The van der Waals surface area contributed by atoms with Crippen molar-refractivity contribution in [2.75, 3.05) is 86.4 Å². The zero-order valence-electron chi connectivity index (χ0n) is 57.0.